The van der Waals surface area contributed by atoms with E-state index in [9.17, 15) is 5.11 Å². The predicted molar refractivity (Wildman–Crippen MR) is 78.9 cm³/mol. The number of hydrogen-bond acceptors (Lipinski definition) is 4. The fourth-order valence-electron chi connectivity index (χ4n) is 2.31. The third-order valence-corrected chi connectivity index (χ3v) is 3.44. The van der Waals surface area contributed by atoms with Crippen molar-refractivity contribution < 1.29 is 5.11 Å². The van der Waals surface area contributed by atoms with E-state index in [1.165, 1.54) is 0 Å². The number of nitrogens with two attached hydrogens (primary N) is 1. The molecule has 0 aromatic carbocycles. The molecule has 0 radical (unpaired) electrons. The van der Waals surface area contributed by atoms with E-state index < -0.39 is 0 Å². The summed E-state index contributed by atoms with van der Waals surface area (Å²) in [5, 5.41) is 9.54. The Morgan fingerprint density at radius 2 is 2.11 bits per heavy atom. The second kappa shape index (κ2) is 8.25. The van der Waals surface area contributed by atoms with Crippen LogP contribution < -0.4 is 5.73 Å². The Morgan fingerprint density at radius 1 is 1.37 bits per heavy atom. The number of pyridine rings is 1. The van der Waals surface area contributed by atoms with Crippen LogP contribution in [0.2, 0.25) is 0 Å². The Morgan fingerprint density at radius 3 is 2.63 bits per heavy atom. The Bertz CT molecular complexity index is 343. The van der Waals surface area contributed by atoms with Gasteiger partial charge in [-0.1, -0.05) is 19.9 Å². The molecule has 4 nitrogen and oxygen atoms in total. The van der Waals surface area contributed by atoms with Crippen LogP contribution in [-0.4, -0.2) is 47.3 Å². The Kier molecular flexibility index (Phi) is 6.99. The SMILES string of the molecule is CC(C)CC(N)C(CO)N(C)CCc1ccccn1. The Balaban J connectivity index is 2.47. The molecule has 3 N–H and O–H groups in total. The molecular formula is C15H27N3O. The molecule has 0 aliphatic rings. The van der Waals surface area contributed by atoms with Crippen LogP contribution >= 0.6 is 0 Å². The van der Waals surface area contributed by atoms with Crippen LogP contribution in [0.1, 0.15) is 26.0 Å². The van der Waals surface area contributed by atoms with Gasteiger partial charge in [0.05, 0.1) is 6.61 Å². The van der Waals surface area contributed by atoms with Crippen molar-refractivity contribution >= 4 is 0 Å². The highest BCUT2D eigenvalue weighted by molar-refractivity contribution is 5.03. The van der Waals surface area contributed by atoms with Crippen LogP contribution in [0.5, 0.6) is 0 Å². The maximum absolute atomic E-state index is 9.54. The second-order valence-corrected chi connectivity index (χ2v) is 5.60. The lowest BCUT2D eigenvalue weighted by Crippen LogP contribution is -2.49. The van der Waals surface area contributed by atoms with Gasteiger partial charge in [-0.25, -0.2) is 0 Å². The quantitative estimate of drug-likeness (QED) is 0.743. The highest BCUT2D eigenvalue weighted by Gasteiger charge is 2.22. The minimum Gasteiger partial charge on any atom is -0.395 e. The summed E-state index contributed by atoms with van der Waals surface area (Å²) in [5.41, 5.74) is 7.25. The lowest BCUT2D eigenvalue weighted by molar-refractivity contribution is 0.120. The van der Waals surface area contributed by atoms with Crippen molar-refractivity contribution in [2.75, 3.05) is 20.2 Å². The normalized spacial score (nSPS) is 14.9. The number of hydrogen-bond donors (Lipinski definition) is 2. The van der Waals surface area contributed by atoms with Crippen LogP contribution in [-0.2, 0) is 6.42 Å². The van der Waals surface area contributed by atoms with E-state index in [-0.39, 0.29) is 18.7 Å². The largest absolute Gasteiger partial charge is 0.395 e. The van der Waals surface area contributed by atoms with Gasteiger partial charge in [-0.3, -0.25) is 9.88 Å². The summed E-state index contributed by atoms with van der Waals surface area (Å²) in [5.74, 6) is 0.549. The van der Waals surface area contributed by atoms with E-state index in [0.29, 0.717) is 5.92 Å². The van der Waals surface area contributed by atoms with Crippen molar-refractivity contribution in [3.63, 3.8) is 0 Å². The van der Waals surface area contributed by atoms with Gasteiger partial charge < -0.3 is 10.8 Å². The number of likely N-dealkylation sites (N-methyl/N-ethyl adjacent to an activating group) is 1. The minimum atomic E-state index is 0.0127. The van der Waals surface area contributed by atoms with Crippen LogP contribution in [0.25, 0.3) is 0 Å². The molecule has 19 heavy (non-hydrogen) atoms. The number of aliphatic hydroxyl groups excluding tert-OH is 1. The van der Waals surface area contributed by atoms with Crippen molar-refractivity contribution in [2.45, 2.75) is 38.8 Å². The molecule has 2 unspecified atom stereocenters. The molecular weight excluding hydrogens is 238 g/mol. The average Bonchev–Trinajstić information content (AvgIpc) is 2.37. The molecule has 0 fully saturated rings. The number of nitrogens with zero attached hydrogens (tertiary/aromatic N) is 2. The maximum atomic E-state index is 9.54. The van der Waals surface area contributed by atoms with Gasteiger partial charge in [0.2, 0.25) is 0 Å². The minimum absolute atomic E-state index is 0.0127. The monoisotopic (exact) mass is 265 g/mol. The first-order chi connectivity index (χ1) is 9.04. The number of rotatable bonds is 8. The summed E-state index contributed by atoms with van der Waals surface area (Å²) >= 11 is 0. The van der Waals surface area contributed by atoms with Crippen LogP contribution in [0.15, 0.2) is 24.4 Å². The molecule has 1 aromatic rings. The molecule has 0 saturated carbocycles. The van der Waals surface area contributed by atoms with Crippen molar-refractivity contribution in [3.05, 3.63) is 30.1 Å². The second-order valence-electron chi connectivity index (χ2n) is 5.60. The molecule has 1 aromatic heterocycles. The predicted octanol–water partition coefficient (Wildman–Crippen LogP) is 1.29. The highest BCUT2D eigenvalue weighted by atomic mass is 16.3. The van der Waals surface area contributed by atoms with Gasteiger partial charge in [0.1, 0.15) is 0 Å². The molecule has 0 aliphatic heterocycles. The Hall–Kier alpha value is -0.970. The van der Waals surface area contributed by atoms with E-state index in [2.05, 4.69) is 23.7 Å². The van der Waals surface area contributed by atoms with Gasteiger partial charge in [0, 0.05) is 36.9 Å². The molecule has 108 valence electrons. The third-order valence-electron chi connectivity index (χ3n) is 3.44. The van der Waals surface area contributed by atoms with Crippen molar-refractivity contribution in [1.29, 1.82) is 0 Å². The van der Waals surface area contributed by atoms with Gasteiger partial charge in [-0.2, -0.15) is 0 Å². The lowest BCUT2D eigenvalue weighted by Gasteiger charge is -2.32. The smallest absolute Gasteiger partial charge is 0.0601 e. The van der Waals surface area contributed by atoms with Crippen molar-refractivity contribution in [2.24, 2.45) is 11.7 Å². The van der Waals surface area contributed by atoms with Crippen molar-refractivity contribution in [1.82, 2.24) is 9.88 Å². The standard InChI is InChI=1S/C15H27N3O/c1-12(2)10-14(16)15(11-19)18(3)9-7-13-6-4-5-8-17-13/h4-6,8,12,14-15,19H,7,9-11,16H2,1-3H3. The topological polar surface area (TPSA) is 62.4 Å². The molecule has 2 atom stereocenters. The molecule has 1 heterocycles. The van der Waals surface area contributed by atoms with E-state index in [1.807, 2.05) is 31.4 Å². The zero-order chi connectivity index (χ0) is 14.3. The van der Waals surface area contributed by atoms with Crippen LogP contribution in [0.3, 0.4) is 0 Å². The van der Waals surface area contributed by atoms with Gasteiger partial charge in [0.25, 0.3) is 0 Å². The zero-order valence-electron chi connectivity index (χ0n) is 12.3. The number of aromatic nitrogens is 1. The average molecular weight is 265 g/mol. The molecule has 0 amide bonds. The van der Waals surface area contributed by atoms with Crippen molar-refractivity contribution in [3.8, 4) is 0 Å². The van der Waals surface area contributed by atoms with Gasteiger partial charge in [0.15, 0.2) is 0 Å². The lowest BCUT2D eigenvalue weighted by atomic mass is 9.97. The summed E-state index contributed by atoms with van der Waals surface area (Å²) in [7, 11) is 2.02. The first-order valence-electron chi connectivity index (χ1n) is 7.01. The fraction of sp³-hybridized carbons (Fsp3) is 0.667. The molecule has 0 saturated heterocycles. The van der Waals surface area contributed by atoms with Crippen LogP contribution in [0, 0.1) is 5.92 Å². The Labute approximate surface area is 116 Å². The van der Waals surface area contributed by atoms with E-state index in [4.69, 9.17) is 5.73 Å². The summed E-state index contributed by atoms with van der Waals surface area (Å²) in [6.07, 6.45) is 3.62. The van der Waals surface area contributed by atoms with Gasteiger partial charge in [-0.15, -0.1) is 0 Å². The third kappa shape index (κ3) is 5.68. The molecule has 4 heteroatoms. The highest BCUT2D eigenvalue weighted by Crippen LogP contribution is 2.10. The number of aliphatic hydroxyl groups is 1. The summed E-state index contributed by atoms with van der Waals surface area (Å²) in [4.78, 5) is 6.45. The molecule has 0 aliphatic carbocycles. The van der Waals surface area contributed by atoms with E-state index >= 15 is 0 Å². The molecule has 0 spiro atoms. The van der Waals surface area contributed by atoms with Crippen LogP contribution in [0.4, 0.5) is 0 Å². The zero-order valence-corrected chi connectivity index (χ0v) is 12.3. The van der Waals surface area contributed by atoms with Gasteiger partial charge >= 0.3 is 0 Å². The van der Waals surface area contributed by atoms with Gasteiger partial charge in [-0.05, 0) is 31.5 Å². The fourth-order valence-corrected chi connectivity index (χ4v) is 2.31. The molecule has 0 bridgehead atoms. The summed E-state index contributed by atoms with van der Waals surface area (Å²) < 4.78 is 0. The first kappa shape index (κ1) is 16.1. The van der Waals surface area contributed by atoms with E-state index in [1.54, 1.807) is 0 Å². The van der Waals surface area contributed by atoms with E-state index in [0.717, 1.165) is 25.1 Å². The molecule has 1 rings (SSSR count). The first-order valence-corrected chi connectivity index (χ1v) is 7.01. The summed E-state index contributed by atoms with van der Waals surface area (Å²) in [6.45, 7) is 5.27. The maximum Gasteiger partial charge on any atom is 0.0601 e. The summed E-state index contributed by atoms with van der Waals surface area (Å²) in [6, 6.07) is 5.97.